The van der Waals surface area contributed by atoms with E-state index in [1.54, 1.807) is 19.2 Å². The largest absolute Gasteiger partial charge is 0.497 e. The van der Waals surface area contributed by atoms with E-state index in [1.165, 1.54) is 0 Å². The Labute approximate surface area is 190 Å². The summed E-state index contributed by atoms with van der Waals surface area (Å²) in [6, 6.07) is 15.7. The fourth-order valence-electron chi connectivity index (χ4n) is 4.31. The van der Waals surface area contributed by atoms with Crippen molar-refractivity contribution >= 4 is 11.6 Å². The van der Waals surface area contributed by atoms with Crippen LogP contribution >= 0.6 is 0 Å². The topological polar surface area (TPSA) is 57.6 Å². The predicted octanol–water partition coefficient (Wildman–Crippen LogP) is 3.02. The van der Waals surface area contributed by atoms with Gasteiger partial charge in [-0.15, -0.1) is 0 Å². The number of hydrogen-bond acceptors (Lipinski definition) is 6. The zero-order valence-corrected chi connectivity index (χ0v) is 19.2. The van der Waals surface area contributed by atoms with E-state index in [4.69, 9.17) is 14.6 Å². The number of likely N-dealkylation sites (N-methyl/N-ethyl adjacent to an activating group) is 1. The monoisotopic (exact) mass is 436 g/mol. The number of methoxy groups -OCH3 is 2. The third kappa shape index (κ3) is 4.95. The molecule has 4 rings (SSSR count). The van der Waals surface area contributed by atoms with E-state index in [0.717, 1.165) is 61.1 Å². The third-order valence-electron chi connectivity index (χ3n) is 6.36. The number of nitrogens with zero attached hydrogens (tertiary/aromatic N) is 4. The standard InChI is InChI=1S/C25H32N4O3/c1-4-27-13-15-28(16-14-27)18-25(30)29-24(20-7-11-22(32-3)12-8-20)17-23(26-29)19-5-9-21(31-2)10-6-19/h5-12,24H,4,13-18H2,1-3H3. The summed E-state index contributed by atoms with van der Waals surface area (Å²) in [5.41, 5.74) is 2.98. The SMILES string of the molecule is CCN1CCN(CC(=O)N2N=C(c3ccc(OC)cc3)CC2c2ccc(OC)cc2)CC1. The highest BCUT2D eigenvalue weighted by molar-refractivity contribution is 6.03. The second-order valence-electron chi connectivity index (χ2n) is 8.22. The zero-order chi connectivity index (χ0) is 22.5. The molecule has 1 amide bonds. The maximum absolute atomic E-state index is 13.4. The second-order valence-corrected chi connectivity index (χ2v) is 8.22. The Kier molecular flexibility index (Phi) is 7.07. The minimum absolute atomic E-state index is 0.0410. The number of ether oxygens (including phenoxy) is 2. The molecule has 0 spiro atoms. The van der Waals surface area contributed by atoms with Gasteiger partial charge in [0, 0.05) is 32.6 Å². The number of hydrogen-bond donors (Lipinski definition) is 0. The summed E-state index contributed by atoms with van der Waals surface area (Å²) in [6.45, 7) is 7.47. The molecule has 0 aliphatic carbocycles. The fraction of sp³-hybridized carbons (Fsp3) is 0.440. The van der Waals surface area contributed by atoms with Crippen molar-refractivity contribution in [1.82, 2.24) is 14.8 Å². The first kappa shape index (κ1) is 22.3. The van der Waals surface area contributed by atoms with Gasteiger partial charge in [-0.1, -0.05) is 19.1 Å². The maximum atomic E-state index is 13.4. The average molecular weight is 437 g/mol. The summed E-state index contributed by atoms with van der Waals surface area (Å²) in [5.74, 6) is 1.65. The van der Waals surface area contributed by atoms with Crippen LogP contribution in [0.25, 0.3) is 0 Å². The van der Waals surface area contributed by atoms with Crippen molar-refractivity contribution in [1.29, 1.82) is 0 Å². The van der Waals surface area contributed by atoms with Crippen molar-refractivity contribution in [2.75, 3.05) is 53.5 Å². The van der Waals surface area contributed by atoms with E-state index in [0.29, 0.717) is 13.0 Å². The minimum Gasteiger partial charge on any atom is -0.497 e. The molecule has 2 aromatic carbocycles. The number of carbonyl (C=O) groups excluding carboxylic acids is 1. The van der Waals surface area contributed by atoms with Gasteiger partial charge in [0.1, 0.15) is 11.5 Å². The van der Waals surface area contributed by atoms with E-state index >= 15 is 0 Å². The third-order valence-corrected chi connectivity index (χ3v) is 6.36. The Morgan fingerprint density at radius 3 is 2.03 bits per heavy atom. The highest BCUT2D eigenvalue weighted by Crippen LogP contribution is 2.34. The summed E-state index contributed by atoms with van der Waals surface area (Å²) in [7, 11) is 3.31. The van der Waals surface area contributed by atoms with Gasteiger partial charge in [0.25, 0.3) is 5.91 Å². The first-order valence-corrected chi connectivity index (χ1v) is 11.2. The molecule has 0 bridgehead atoms. The molecule has 1 unspecified atom stereocenters. The maximum Gasteiger partial charge on any atom is 0.257 e. The normalized spacial score (nSPS) is 19.7. The summed E-state index contributed by atoms with van der Waals surface area (Å²) in [5, 5.41) is 6.49. The van der Waals surface area contributed by atoms with Gasteiger partial charge in [0.15, 0.2) is 0 Å². The van der Waals surface area contributed by atoms with Gasteiger partial charge in [0.05, 0.1) is 32.5 Å². The number of amides is 1. The van der Waals surface area contributed by atoms with Gasteiger partial charge in [-0.2, -0.15) is 5.10 Å². The lowest BCUT2D eigenvalue weighted by molar-refractivity contribution is -0.134. The quantitative estimate of drug-likeness (QED) is 0.668. The second kappa shape index (κ2) is 10.1. The first-order chi connectivity index (χ1) is 15.6. The molecule has 1 saturated heterocycles. The molecule has 0 aromatic heterocycles. The molecule has 32 heavy (non-hydrogen) atoms. The van der Waals surface area contributed by atoms with Gasteiger partial charge in [-0.25, -0.2) is 5.01 Å². The van der Waals surface area contributed by atoms with Crippen LogP contribution in [-0.4, -0.2) is 79.9 Å². The fourth-order valence-corrected chi connectivity index (χ4v) is 4.31. The summed E-state index contributed by atoms with van der Waals surface area (Å²) in [4.78, 5) is 18.0. The molecule has 170 valence electrons. The van der Waals surface area contributed by atoms with E-state index in [2.05, 4.69) is 16.7 Å². The molecule has 7 nitrogen and oxygen atoms in total. The molecular formula is C25H32N4O3. The molecular weight excluding hydrogens is 404 g/mol. The Hall–Kier alpha value is -2.90. The molecule has 2 aromatic rings. The van der Waals surface area contributed by atoms with E-state index < -0.39 is 0 Å². The summed E-state index contributed by atoms with van der Waals surface area (Å²) < 4.78 is 10.6. The number of carbonyl (C=O) groups is 1. The first-order valence-electron chi connectivity index (χ1n) is 11.2. The molecule has 7 heteroatoms. The lowest BCUT2D eigenvalue weighted by atomic mass is 9.98. The number of piperazine rings is 1. The van der Waals surface area contributed by atoms with Crippen molar-refractivity contribution < 1.29 is 14.3 Å². The Balaban J connectivity index is 1.54. The van der Waals surface area contributed by atoms with Crippen molar-refractivity contribution in [2.24, 2.45) is 5.10 Å². The number of rotatable bonds is 7. The molecule has 0 radical (unpaired) electrons. The van der Waals surface area contributed by atoms with Crippen LogP contribution in [0.15, 0.2) is 53.6 Å². The van der Waals surface area contributed by atoms with E-state index in [1.807, 2.05) is 48.5 Å². The predicted molar refractivity (Wildman–Crippen MR) is 125 cm³/mol. The lowest BCUT2D eigenvalue weighted by Crippen LogP contribution is -2.49. The van der Waals surface area contributed by atoms with Gasteiger partial charge in [0.2, 0.25) is 0 Å². The van der Waals surface area contributed by atoms with Crippen LogP contribution in [0, 0.1) is 0 Å². The molecule has 2 heterocycles. The van der Waals surface area contributed by atoms with Crippen LogP contribution in [0.4, 0.5) is 0 Å². The molecule has 1 fully saturated rings. The van der Waals surface area contributed by atoms with Gasteiger partial charge in [-0.05, 0) is 54.1 Å². The van der Waals surface area contributed by atoms with Crippen LogP contribution in [0.5, 0.6) is 11.5 Å². The molecule has 2 aliphatic heterocycles. The average Bonchev–Trinajstić information content (AvgIpc) is 3.30. The zero-order valence-electron chi connectivity index (χ0n) is 19.2. The van der Waals surface area contributed by atoms with Crippen LogP contribution in [0.3, 0.4) is 0 Å². The highest BCUT2D eigenvalue weighted by atomic mass is 16.5. The number of hydrazone groups is 1. The smallest absolute Gasteiger partial charge is 0.257 e. The Bertz CT molecular complexity index is 935. The molecule has 1 atom stereocenters. The van der Waals surface area contributed by atoms with Crippen molar-refractivity contribution in [3.05, 3.63) is 59.7 Å². The van der Waals surface area contributed by atoms with Crippen LogP contribution in [-0.2, 0) is 4.79 Å². The van der Waals surface area contributed by atoms with Crippen LogP contribution in [0.1, 0.15) is 30.5 Å². The van der Waals surface area contributed by atoms with Crippen molar-refractivity contribution in [3.8, 4) is 11.5 Å². The van der Waals surface area contributed by atoms with Gasteiger partial charge >= 0.3 is 0 Å². The Morgan fingerprint density at radius 1 is 0.906 bits per heavy atom. The molecule has 2 aliphatic rings. The summed E-state index contributed by atoms with van der Waals surface area (Å²) >= 11 is 0. The van der Waals surface area contributed by atoms with Gasteiger partial charge in [-0.3, -0.25) is 9.69 Å². The number of benzene rings is 2. The van der Waals surface area contributed by atoms with Crippen LogP contribution in [0.2, 0.25) is 0 Å². The van der Waals surface area contributed by atoms with Crippen molar-refractivity contribution in [2.45, 2.75) is 19.4 Å². The summed E-state index contributed by atoms with van der Waals surface area (Å²) in [6.07, 6.45) is 0.675. The lowest BCUT2D eigenvalue weighted by Gasteiger charge is -2.34. The van der Waals surface area contributed by atoms with Gasteiger partial charge < -0.3 is 14.4 Å². The highest BCUT2D eigenvalue weighted by Gasteiger charge is 2.34. The molecule has 0 N–H and O–H groups in total. The minimum atomic E-state index is -0.123. The van der Waals surface area contributed by atoms with E-state index in [9.17, 15) is 4.79 Å². The van der Waals surface area contributed by atoms with E-state index in [-0.39, 0.29) is 11.9 Å². The van der Waals surface area contributed by atoms with Crippen molar-refractivity contribution in [3.63, 3.8) is 0 Å². The molecule has 0 saturated carbocycles. The Morgan fingerprint density at radius 2 is 1.47 bits per heavy atom. The van der Waals surface area contributed by atoms with Crippen LogP contribution < -0.4 is 9.47 Å².